The number of anilines is 2. The molecule has 0 aliphatic rings. The van der Waals surface area contributed by atoms with Crippen LogP contribution in [0.5, 0.6) is 0 Å². The minimum Gasteiger partial charge on any atom is -0.398 e. The molecule has 4 heteroatoms. The Morgan fingerprint density at radius 3 is 2.38 bits per heavy atom. The Kier molecular flexibility index (Phi) is 4.48. The summed E-state index contributed by atoms with van der Waals surface area (Å²) in [4.78, 5) is 11.3. The maximum absolute atomic E-state index is 11.3. The summed E-state index contributed by atoms with van der Waals surface area (Å²) >= 11 is 0. The van der Waals surface area contributed by atoms with Crippen LogP contribution in [-0.2, 0) is 6.54 Å². The summed E-state index contributed by atoms with van der Waals surface area (Å²) < 4.78 is 0. The van der Waals surface area contributed by atoms with Gasteiger partial charge in [0.1, 0.15) is 0 Å². The SMILES string of the molecule is CC(C)c1ccc(CNc2ccc(N)c(C(N)=O)c2)cc1. The van der Waals surface area contributed by atoms with Gasteiger partial charge in [-0.1, -0.05) is 38.1 Å². The molecular weight excluding hydrogens is 262 g/mol. The van der Waals surface area contributed by atoms with Crippen molar-refractivity contribution in [3.8, 4) is 0 Å². The average molecular weight is 283 g/mol. The van der Waals surface area contributed by atoms with Crippen LogP contribution in [-0.4, -0.2) is 5.91 Å². The fraction of sp³-hybridized carbons (Fsp3) is 0.235. The summed E-state index contributed by atoms with van der Waals surface area (Å²) in [6.07, 6.45) is 0. The minimum atomic E-state index is -0.516. The fourth-order valence-corrected chi connectivity index (χ4v) is 2.10. The maximum Gasteiger partial charge on any atom is 0.250 e. The van der Waals surface area contributed by atoms with E-state index in [1.165, 1.54) is 11.1 Å². The lowest BCUT2D eigenvalue weighted by Gasteiger charge is -2.10. The molecule has 0 fully saturated rings. The second kappa shape index (κ2) is 6.31. The fourth-order valence-electron chi connectivity index (χ4n) is 2.10. The molecule has 0 heterocycles. The normalized spacial score (nSPS) is 10.6. The van der Waals surface area contributed by atoms with Crippen LogP contribution in [0, 0.1) is 0 Å². The lowest BCUT2D eigenvalue weighted by molar-refractivity contribution is 0.100. The highest BCUT2D eigenvalue weighted by atomic mass is 16.1. The van der Waals surface area contributed by atoms with Crippen molar-refractivity contribution in [3.63, 3.8) is 0 Å². The standard InChI is InChI=1S/C17H21N3O/c1-11(2)13-5-3-12(4-6-13)10-20-14-7-8-16(18)15(9-14)17(19)21/h3-9,11,20H,10,18H2,1-2H3,(H2,19,21). The highest BCUT2D eigenvalue weighted by molar-refractivity contribution is 5.98. The molecule has 0 aliphatic heterocycles. The predicted molar refractivity (Wildman–Crippen MR) is 87.2 cm³/mol. The number of hydrogen-bond acceptors (Lipinski definition) is 3. The Labute approximate surface area is 125 Å². The van der Waals surface area contributed by atoms with Crippen molar-refractivity contribution in [1.29, 1.82) is 0 Å². The Morgan fingerprint density at radius 2 is 1.81 bits per heavy atom. The quantitative estimate of drug-likeness (QED) is 0.737. The summed E-state index contributed by atoms with van der Waals surface area (Å²) in [5.74, 6) is 0.0136. The van der Waals surface area contributed by atoms with Crippen LogP contribution in [0.1, 0.15) is 41.3 Å². The second-order valence-electron chi connectivity index (χ2n) is 5.42. The van der Waals surface area contributed by atoms with Crippen molar-refractivity contribution in [1.82, 2.24) is 0 Å². The average Bonchev–Trinajstić information content (AvgIpc) is 2.46. The Morgan fingerprint density at radius 1 is 1.14 bits per heavy atom. The molecule has 0 unspecified atom stereocenters. The smallest absolute Gasteiger partial charge is 0.250 e. The summed E-state index contributed by atoms with van der Waals surface area (Å²) in [5, 5.41) is 3.27. The van der Waals surface area contributed by atoms with Crippen molar-refractivity contribution in [3.05, 3.63) is 59.2 Å². The van der Waals surface area contributed by atoms with Crippen LogP contribution in [0.2, 0.25) is 0 Å². The molecule has 0 aliphatic carbocycles. The number of nitrogens with one attached hydrogen (secondary N) is 1. The summed E-state index contributed by atoms with van der Waals surface area (Å²) in [6.45, 7) is 5.03. The number of rotatable bonds is 5. The van der Waals surface area contributed by atoms with Gasteiger partial charge in [0.15, 0.2) is 0 Å². The predicted octanol–water partition coefficient (Wildman–Crippen LogP) is 3.10. The second-order valence-corrected chi connectivity index (χ2v) is 5.42. The largest absolute Gasteiger partial charge is 0.398 e. The molecule has 0 bridgehead atoms. The number of nitrogens with two attached hydrogens (primary N) is 2. The van der Waals surface area contributed by atoms with E-state index in [1.807, 2.05) is 6.07 Å². The molecule has 0 spiro atoms. The molecule has 0 saturated carbocycles. The van der Waals surface area contributed by atoms with Gasteiger partial charge in [-0.15, -0.1) is 0 Å². The van der Waals surface area contributed by atoms with Crippen molar-refractivity contribution < 1.29 is 4.79 Å². The van der Waals surface area contributed by atoms with Crippen LogP contribution < -0.4 is 16.8 Å². The van der Waals surface area contributed by atoms with E-state index in [9.17, 15) is 4.79 Å². The first kappa shape index (κ1) is 14.9. The van der Waals surface area contributed by atoms with Gasteiger partial charge in [-0.25, -0.2) is 0 Å². The molecule has 4 nitrogen and oxygen atoms in total. The monoisotopic (exact) mass is 283 g/mol. The highest BCUT2D eigenvalue weighted by Gasteiger charge is 2.06. The Balaban J connectivity index is 2.06. The molecule has 2 rings (SSSR count). The first-order valence-corrected chi connectivity index (χ1v) is 6.99. The Bertz CT molecular complexity index is 633. The molecule has 2 aromatic carbocycles. The van der Waals surface area contributed by atoms with Crippen LogP contribution in [0.25, 0.3) is 0 Å². The molecule has 0 radical (unpaired) electrons. The van der Waals surface area contributed by atoms with E-state index < -0.39 is 5.91 Å². The van der Waals surface area contributed by atoms with Crippen LogP contribution >= 0.6 is 0 Å². The number of primary amides is 1. The number of nitrogen functional groups attached to an aromatic ring is 1. The molecule has 2 aromatic rings. The van der Waals surface area contributed by atoms with Gasteiger partial charge in [0, 0.05) is 17.9 Å². The molecule has 21 heavy (non-hydrogen) atoms. The van der Waals surface area contributed by atoms with Crippen LogP contribution in [0.3, 0.4) is 0 Å². The molecule has 1 amide bonds. The minimum absolute atomic E-state index is 0.343. The van der Waals surface area contributed by atoms with Gasteiger partial charge in [0.05, 0.1) is 5.56 Å². The summed E-state index contributed by atoms with van der Waals surface area (Å²) in [6, 6.07) is 13.7. The van der Waals surface area contributed by atoms with Gasteiger partial charge in [-0.2, -0.15) is 0 Å². The number of carbonyl (C=O) groups excluding carboxylic acids is 1. The lowest BCUT2D eigenvalue weighted by atomic mass is 10.0. The molecule has 0 aromatic heterocycles. The van der Waals surface area contributed by atoms with Gasteiger partial charge in [-0.05, 0) is 35.2 Å². The van der Waals surface area contributed by atoms with Gasteiger partial charge < -0.3 is 16.8 Å². The zero-order valence-electron chi connectivity index (χ0n) is 12.4. The van der Waals surface area contributed by atoms with Gasteiger partial charge in [0.25, 0.3) is 5.91 Å². The van der Waals surface area contributed by atoms with E-state index in [4.69, 9.17) is 11.5 Å². The van der Waals surface area contributed by atoms with Gasteiger partial charge in [-0.3, -0.25) is 4.79 Å². The van der Waals surface area contributed by atoms with E-state index in [2.05, 4.69) is 43.4 Å². The van der Waals surface area contributed by atoms with E-state index in [0.29, 0.717) is 23.7 Å². The summed E-state index contributed by atoms with van der Waals surface area (Å²) in [7, 11) is 0. The maximum atomic E-state index is 11.3. The third-order valence-electron chi connectivity index (χ3n) is 3.46. The molecule has 5 N–H and O–H groups in total. The first-order valence-electron chi connectivity index (χ1n) is 6.99. The van der Waals surface area contributed by atoms with Gasteiger partial charge >= 0.3 is 0 Å². The van der Waals surface area contributed by atoms with Crippen molar-refractivity contribution in [2.75, 3.05) is 11.1 Å². The lowest BCUT2D eigenvalue weighted by Crippen LogP contribution is -2.14. The zero-order valence-corrected chi connectivity index (χ0v) is 12.4. The number of hydrogen-bond donors (Lipinski definition) is 3. The van der Waals surface area contributed by atoms with Crippen molar-refractivity contribution in [2.45, 2.75) is 26.3 Å². The number of benzene rings is 2. The topological polar surface area (TPSA) is 81.1 Å². The number of carbonyl (C=O) groups is 1. The van der Waals surface area contributed by atoms with Gasteiger partial charge in [0.2, 0.25) is 0 Å². The Hall–Kier alpha value is -2.49. The molecule has 110 valence electrons. The molecule has 0 saturated heterocycles. The molecule has 0 atom stereocenters. The van der Waals surface area contributed by atoms with E-state index in [-0.39, 0.29) is 0 Å². The third-order valence-corrected chi connectivity index (χ3v) is 3.46. The van der Waals surface area contributed by atoms with E-state index in [0.717, 1.165) is 5.69 Å². The highest BCUT2D eigenvalue weighted by Crippen LogP contribution is 2.19. The van der Waals surface area contributed by atoms with Crippen molar-refractivity contribution >= 4 is 17.3 Å². The van der Waals surface area contributed by atoms with Crippen molar-refractivity contribution in [2.24, 2.45) is 5.73 Å². The summed E-state index contributed by atoms with van der Waals surface area (Å²) in [5.41, 5.74) is 15.1. The zero-order chi connectivity index (χ0) is 15.4. The number of amides is 1. The van der Waals surface area contributed by atoms with Crippen LogP contribution in [0.4, 0.5) is 11.4 Å². The van der Waals surface area contributed by atoms with Crippen LogP contribution in [0.15, 0.2) is 42.5 Å². The van der Waals surface area contributed by atoms with E-state index >= 15 is 0 Å². The third kappa shape index (κ3) is 3.75. The van der Waals surface area contributed by atoms with E-state index in [1.54, 1.807) is 12.1 Å². The first-order chi connectivity index (χ1) is 9.97. The molecular formula is C17H21N3O.